The van der Waals surface area contributed by atoms with Gasteiger partial charge in [-0.25, -0.2) is 0 Å². The molecule has 0 bridgehead atoms. The molecule has 0 fully saturated rings. The van der Waals surface area contributed by atoms with Crippen molar-refractivity contribution in [3.05, 3.63) is 47.3 Å². The van der Waals surface area contributed by atoms with E-state index in [1.165, 1.54) is 0 Å². The van der Waals surface area contributed by atoms with Crippen LogP contribution in [0.5, 0.6) is 11.5 Å². The maximum atomic E-state index is 12.4. The quantitative estimate of drug-likeness (QED) is 0.806. The number of nitrogens with one attached hydrogen (secondary N) is 1. The molecule has 0 saturated carbocycles. The van der Waals surface area contributed by atoms with Crippen molar-refractivity contribution < 1.29 is 14.3 Å². The smallest absolute Gasteiger partial charge is 0.251 e. The molecule has 0 spiro atoms. The van der Waals surface area contributed by atoms with Gasteiger partial charge < -0.3 is 19.4 Å². The molecule has 1 heterocycles. The molecule has 130 valence electrons. The van der Waals surface area contributed by atoms with Crippen LogP contribution in [-0.4, -0.2) is 23.7 Å². The van der Waals surface area contributed by atoms with Gasteiger partial charge in [0, 0.05) is 24.0 Å². The molecule has 5 nitrogen and oxygen atoms in total. The summed E-state index contributed by atoms with van der Waals surface area (Å²) in [4.78, 5) is 12.4. The monoisotopic (exact) mass is 330 g/mol. The zero-order chi connectivity index (χ0) is 17.5. The van der Waals surface area contributed by atoms with Gasteiger partial charge >= 0.3 is 0 Å². The van der Waals surface area contributed by atoms with Gasteiger partial charge in [0.15, 0.2) is 11.5 Å². The van der Waals surface area contributed by atoms with E-state index in [2.05, 4.69) is 9.88 Å². The lowest BCUT2D eigenvalue weighted by Crippen LogP contribution is -2.24. The largest absolute Gasteiger partial charge is 0.490 e. The minimum Gasteiger partial charge on any atom is -0.490 e. The molecule has 0 aliphatic rings. The molecule has 5 heteroatoms. The van der Waals surface area contributed by atoms with Gasteiger partial charge in [0.2, 0.25) is 0 Å². The summed E-state index contributed by atoms with van der Waals surface area (Å²) in [6.07, 6.45) is 0.921. The standard InChI is InChI=1S/C19H26N2O3/c1-5-11-24-17-10-8-15(12-18(17)23-6-2)19(22)20-13-16-9-7-14(3)21(16)4/h7-10,12H,5-6,11,13H2,1-4H3,(H,20,22). The number of ether oxygens (including phenoxy) is 2. The Morgan fingerprint density at radius 1 is 1.12 bits per heavy atom. The van der Waals surface area contributed by atoms with E-state index in [1.54, 1.807) is 18.2 Å². The highest BCUT2D eigenvalue weighted by Gasteiger charge is 2.12. The summed E-state index contributed by atoms with van der Waals surface area (Å²) in [5.41, 5.74) is 2.79. The van der Waals surface area contributed by atoms with Crippen molar-refractivity contribution >= 4 is 5.91 Å². The highest BCUT2D eigenvalue weighted by molar-refractivity contribution is 5.94. The van der Waals surface area contributed by atoms with Gasteiger partial charge in [0.05, 0.1) is 19.8 Å². The molecule has 1 amide bonds. The van der Waals surface area contributed by atoms with Crippen LogP contribution in [0, 0.1) is 6.92 Å². The predicted octanol–water partition coefficient (Wildman–Crippen LogP) is 3.45. The molecule has 0 saturated heterocycles. The van der Waals surface area contributed by atoms with Crippen molar-refractivity contribution in [1.82, 2.24) is 9.88 Å². The Balaban J connectivity index is 2.08. The van der Waals surface area contributed by atoms with E-state index in [4.69, 9.17) is 9.47 Å². The molecule has 1 aromatic heterocycles. The molecular weight excluding hydrogens is 304 g/mol. The maximum absolute atomic E-state index is 12.4. The number of carbonyl (C=O) groups excluding carboxylic acids is 1. The summed E-state index contributed by atoms with van der Waals surface area (Å²) in [6, 6.07) is 9.35. The van der Waals surface area contributed by atoms with Crippen molar-refractivity contribution in [3.63, 3.8) is 0 Å². The van der Waals surface area contributed by atoms with Crippen molar-refractivity contribution in [1.29, 1.82) is 0 Å². The molecule has 1 N–H and O–H groups in total. The van der Waals surface area contributed by atoms with Crippen LogP contribution >= 0.6 is 0 Å². The van der Waals surface area contributed by atoms with E-state index >= 15 is 0 Å². The molecule has 1 aromatic carbocycles. The Hall–Kier alpha value is -2.43. The Labute approximate surface area is 143 Å². The summed E-state index contributed by atoms with van der Waals surface area (Å²) in [5, 5.41) is 2.95. The maximum Gasteiger partial charge on any atom is 0.251 e. The average Bonchev–Trinajstić information content (AvgIpc) is 2.90. The molecule has 0 unspecified atom stereocenters. The summed E-state index contributed by atoms with van der Waals surface area (Å²) < 4.78 is 13.3. The highest BCUT2D eigenvalue weighted by Crippen LogP contribution is 2.28. The van der Waals surface area contributed by atoms with Crippen LogP contribution in [0.3, 0.4) is 0 Å². The van der Waals surface area contributed by atoms with Gasteiger partial charge in [0.25, 0.3) is 5.91 Å². The third-order valence-electron chi connectivity index (χ3n) is 3.87. The fraction of sp³-hybridized carbons (Fsp3) is 0.421. The molecule has 0 atom stereocenters. The molecule has 2 aromatic rings. The number of hydrogen-bond donors (Lipinski definition) is 1. The van der Waals surface area contributed by atoms with Crippen LogP contribution in [0.25, 0.3) is 0 Å². The first-order chi connectivity index (χ1) is 11.6. The molecule has 2 rings (SSSR count). The van der Waals surface area contributed by atoms with E-state index in [1.807, 2.05) is 40.0 Å². The second-order valence-electron chi connectivity index (χ2n) is 5.65. The van der Waals surface area contributed by atoms with E-state index in [0.29, 0.717) is 36.8 Å². The van der Waals surface area contributed by atoms with Crippen LogP contribution in [0.1, 0.15) is 42.0 Å². The first-order valence-electron chi connectivity index (χ1n) is 8.35. The number of carbonyl (C=O) groups is 1. The van der Waals surface area contributed by atoms with Crippen molar-refractivity contribution in [2.45, 2.75) is 33.7 Å². The predicted molar refractivity (Wildman–Crippen MR) is 94.7 cm³/mol. The number of aromatic nitrogens is 1. The van der Waals surface area contributed by atoms with Crippen LogP contribution in [-0.2, 0) is 13.6 Å². The second-order valence-corrected chi connectivity index (χ2v) is 5.65. The summed E-state index contributed by atoms with van der Waals surface area (Å²) in [5.74, 6) is 1.15. The van der Waals surface area contributed by atoms with Gasteiger partial charge in [-0.1, -0.05) is 6.92 Å². The Kier molecular flexibility index (Phi) is 6.29. The highest BCUT2D eigenvalue weighted by atomic mass is 16.5. The summed E-state index contributed by atoms with van der Waals surface area (Å²) in [7, 11) is 1.99. The SMILES string of the molecule is CCCOc1ccc(C(=O)NCc2ccc(C)n2C)cc1OCC. The van der Waals surface area contributed by atoms with Crippen molar-refractivity contribution in [2.75, 3.05) is 13.2 Å². The molecule has 0 aliphatic carbocycles. The minimum absolute atomic E-state index is 0.128. The van der Waals surface area contributed by atoms with Gasteiger partial charge in [-0.15, -0.1) is 0 Å². The third kappa shape index (κ3) is 4.31. The molecule has 0 aliphatic heterocycles. The first-order valence-corrected chi connectivity index (χ1v) is 8.35. The van der Waals surface area contributed by atoms with Crippen LogP contribution in [0.4, 0.5) is 0 Å². The van der Waals surface area contributed by atoms with E-state index in [9.17, 15) is 4.79 Å². The van der Waals surface area contributed by atoms with Crippen LogP contribution in [0.2, 0.25) is 0 Å². The Morgan fingerprint density at radius 2 is 1.92 bits per heavy atom. The minimum atomic E-state index is -0.128. The second kappa shape index (κ2) is 8.43. The zero-order valence-corrected chi connectivity index (χ0v) is 14.9. The number of aryl methyl sites for hydroxylation is 1. The molecule has 0 radical (unpaired) electrons. The van der Waals surface area contributed by atoms with Gasteiger partial charge in [-0.05, 0) is 50.6 Å². The van der Waals surface area contributed by atoms with E-state index in [-0.39, 0.29) is 5.91 Å². The van der Waals surface area contributed by atoms with Gasteiger partial charge in [-0.2, -0.15) is 0 Å². The third-order valence-corrected chi connectivity index (χ3v) is 3.87. The molecule has 24 heavy (non-hydrogen) atoms. The fourth-order valence-electron chi connectivity index (χ4n) is 2.37. The van der Waals surface area contributed by atoms with Crippen LogP contribution < -0.4 is 14.8 Å². The zero-order valence-electron chi connectivity index (χ0n) is 14.9. The Morgan fingerprint density at radius 3 is 2.54 bits per heavy atom. The summed E-state index contributed by atoms with van der Waals surface area (Å²) in [6.45, 7) is 7.63. The fourth-order valence-corrected chi connectivity index (χ4v) is 2.37. The lowest BCUT2D eigenvalue weighted by molar-refractivity contribution is 0.0949. The molecular formula is C19H26N2O3. The number of amides is 1. The van der Waals surface area contributed by atoms with Gasteiger partial charge in [-0.3, -0.25) is 4.79 Å². The van der Waals surface area contributed by atoms with Gasteiger partial charge in [0.1, 0.15) is 0 Å². The van der Waals surface area contributed by atoms with Crippen LogP contribution in [0.15, 0.2) is 30.3 Å². The number of hydrogen-bond acceptors (Lipinski definition) is 3. The number of benzene rings is 1. The van der Waals surface area contributed by atoms with Crippen molar-refractivity contribution in [2.24, 2.45) is 7.05 Å². The number of rotatable bonds is 8. The summed E-state index contributed by atoms with van der Waals surface area (Å²) >= 11 is 0. The lowest BCUT2D eigenvalue weighted by atomic mass is 10.2. The Bertz CT molecular complexity index is 692. The normalized spacial score (nSPS) is 10.5. The topological polar surface area (TPSA) is 52.5 Å². The van der Waals surface area contributed by atoms with E-state index in [0.717, 1.165) is 17.8 Å². The average molecular weight is 330 g/mol. The van der Waals surface area contributed by atoms with Crippen molar-refractivity contribution in [3.8, 4) is 11.5 Å². The number of nitrogens with zero attached hydrogens (tertiary/aromatic N) is 1. The first kappa shape index (κ1) is 17.9. The lowest BCUT2D eigenvalue weighted by Gasteiger charge is -2.13. The van der Waals surface area contributed by atoms with E-state index < -0.39 is 0 Å².